The summed E-state index contributed by atoms with van der Waals surface area (Å²) in [5.41, 5.74) is 4.10. The van der Waals surface area contributed by atoms with E-state index in [1.54, 1.807) is 0 Å². The molecule has 2 rings (SSSR count). The van der Waals surface area contributed by atoms with Gasteiger partial charge in [0.05, 0.1) is 6.54 Å². The van der Waals surface area contributed by atoms with Crippen LogP contribution in [-0.4, -0.2) is 23.9 Å². The summed E-state index contributed by atoms with van der Waals surface area (Å²) >= 11 is 0. The molecule has 0 saturated carbocycles. The monoisotopic (exact) mass is 244 g/mol. The zero-order chi connectivity index (χ0) is 13.1. The average molecular weight is 244 g/mol. The van der Waals surface area contributed by atoms with Crippen molar-refractivity contribution < 1.29 is 4.79 Å². The van der Waals surface area contributed by atoms with Crippen LogP contribution >= 0.6 is 0 Å². The first-order chi connectivity index (χ1) is 8.67. The van der Waals surface area contributed by atoms with Gasteiger partial charge in [-0.2, -0.15) is 0 Å². The third-order valence-corrected chi connectivity index (χ3v) is 3.27. The first-order valence-corrected chi connectivity index (χ1v) is 6.52. The molecule has 18 heavy (non-hydrogen) atoms. The van der Waals surface area contributed by atoms with Crippen LogP contribution in [0.1, 0.15) is 35.5 Å². The van der Waals surface area contributed by atoms with Gasteiger partial charge in [0.15, 0.2) is 5.78 Å². The number of rotatable bonds is 5. The third-order valence-electron chi connectivity index (χ3n) is 3.27. The van der Waals surface area contributed by atoms with Crippen LogP contribution in [0.2, 0.25) is 0 Å². The highest BCUT2D eigenvalue weighted by Crippen LogP contribution is 2.24. The zero-order valence-electron chi connectivity index (χ0n) is 11.3. The van der Waals surface area contributed by atoms with Gasteiger partial charge in [0.25, 0.3) is 0 Å². The second kappa shape index (κ2) is 5.36. The molecule has 0 atom stereocenters. The number of Topliss-reactive ketones (excluding diaryl/α,β-unsaturated/α-hetero) is 1. The largest absolute Gasteiger partial charge is 0.358 e. The Balaban J connectivity index is 2.47. The molecular weight excluding hydrogens is 224 g/mol. The second-order valence-electron chi connectivity index (χ2n) is 4.56. The van der Waals surface area contributed by atoms with Gasteiger partial charge in [0.1, 0.15) is 0 Å². The van der Waals surface area contributed by atoms with Gasteiger partial charge in [-0.1, -0.05) is 19.9 Å². The highest BCUT2D eigenvalue weighted by atomic mass is 16.1. The number of hydrogen-bond donors (Lipinski definition) is 2. The Hall–Kier alpha value is -1.61. The maximum absolute atomic E-state index is 12.2. The van der Waals surface area contributed by atoms with Crippen molar-refractivity contribution in [1.82, 2.24) is 10.3 Å². The summed E-state index contributed by atoms with van der Waals surface area (Å²) in [7, 11) is 0. The molecule has 1 aromatic carbocycles. The molecule has 0 unspecified atom stereocenters. The minimum atomic E-state index is 0.161. The van der Waals surface area contributed by atoms with Crippen molar-refractivity contribution in [2.45, 2.75) is 27.2 Å². The van der Waals surface area contributed by atoms with E-state index in [2.05, 4.69) is 35.4 Å². The van der Waals surface area contributed by atoms with Crippen molar-refractivity contribution in [1.29, 1.82) is 0 Å². The predicted molar refractivity (Wildman–Crippen MR) is 75.3 cm³/mol. The molecule has 3 heteroatoms. The fourth-order valence-electron chi connectivity index (χ4n) is 2.28. The Morgan fingerprint density at radius 2 is 2.11 bits per heavy atom. The number of likely N-dealkylation sites (N-methyl/N-ethyl adjacent to an activating group) is 1. The molecule has 0 radical (unpaired) electrons. The van der Waals surface area contributed by atoms with E-state index < -0.39 is 0 Å². The van der Waals surface area contributed by atoms with Gasteiger partial charge in [0.2, 0.25) is 0 Å². The lowest BCUT2D eigenvalue weighted by molar-refractivity contribution is 0.0993. The summed E-state index contributed by atoms with van der Waals surface area (Å²) in [6.45, 7) is 7.31. The third kappa shape index (κ3) is 2.31. The molecule has 96 valence electrons. The molecule has 1 heterocycles. The first-order valence-electron chi connectivity index (χ1n) is 6.52. The number of aryl methyl sites for hydroxylation is 2. The molecule has 0 saturated heterocycles. The number of H-pyrrole nitrogens is 1. The summed E-state index contributed by atoms with van der Waals surface area (Å²) in [6, 6.07) is 6.29. The number of fused-ring (bicyclic) bond motifs is 1. The highest BCUT2D eigenvalue weighted by Gasteiger charge is 2.15. The summed E-state index contributed by atoms with van der Waals surface area (Å²) in [5, 5.41) is 4.14. The summed E-state index contributed by atoms with van der Waals surface area (Å²) in [4.78, 5) is 15.5. The van der Waals surface area contributed by atoms with E-state index in [0.717, 1.165) is 35.1 Å². The Morgan fingerprint density at radius 1 is 1.33 bits per heavy atom. The van der Waals surface area contributed by atoms with Crippen molar-refractivity contribution in [2.75, 3.05) is 13.1 Å². The number of benzene rings is 1. The van der Waals surface area contributed by atoms with Crippen LogP contribution in [0.5, 0.6) is 0 Å². The van der Waals surface area contributed by atoms with Gasteiger partial charge in [-0.25, -0.2) is 0 Å². The lowest BCUT2D eigenvalue weighted by Crippen LogP contribution is -2.22. The molecule has 0 aliphatic heterocycles. The summed E-state index contributed by atoms with van der Waals surface area (Å²) in [5.74, 6) is 0.161. The van der Waals surface area contributed by atoms with Gasteiger partial charge in [-0.15, -0.1) is 0 Å². The fraction of sp³-hybridized carbons (Fsp3) is 0.400. The number of aromatic amines is 1. The molecular formula is C15H20N2O. The standard InChI is InChI=1S/C15H20N2O/c1-4-11-6-7-13-12(8-11)15(10(3)17-13)14(18)9-16-5-2/h6-8,16-17H,4-5,9H2,1-3H3. The summed E-state index contributed by atoms with van der Waals surface area (Å²) < 4.78 is 0. The molecule has 2 N–H and O–H groups in total. The zero-order valence-corrected chi connectivity index (χ0v) is 11.3. The quantitative estimate of drug-likeness (QED) is 0.794. The fourth-order valence-corrected chi connectivity index (χ4v) is 2.28. The second-order valence-corrected chi connectivity index (χ2v) is 4.56. The number of nitrogens with one attached hydrogen (secondary N) is 2. The number of ketones is 1. The Morgan fingerprint density at radius 3 is 2.78 bits per heavy atom. The van der Waals surface area contributed by atoms with E-state index in [-0.39, 0.29) is 5.78 Å². The number of carbonyl (C=O) groups is 1. The van der Waals surface area contributed by atoms with Gasteiger partial charge in [-0.3, -0.25) is 4.79 Å². The summed E-state index contributed by atoms with van der Waals surface area (Å²) in [6.07, 6.45) is 0.987. The van der Waals surface area contributed by atoms with Crippen LogP contribution < -0.4 is 5.32 Å². The Bertz CT molecular complexity index is 569. The smallest absolute Gasteiger partial charge is 0.179 e. The average Bonchev–Trinajstić information content (AvgIpc) is 2.70. The minimum absolute atomic E-state index is 0.161. The number of carbonyl (C=O) groups excluding carboxylic acids is 1. The first kappa shape index (κ1) is 12.8. The Labute approximate surface area is 108 Å². The lowest BCUT2D eigenvalue weighted by Gasteiger charge is -2.03. The lowest BCUT2D eigenvalue weighted by atomic mass is 10.0. The maximum Gasteiger partial charge on any atom is 0.179 e. The molecule has 2 aromatic rings. The van der Waals surface area contributed by atoms with Crippen molar-refractivity contribution in [3.63, 3.8) is 0 Å². The minimum Gasteiger partial charge on any atom is -0.358 e. The molecule has 0 bridgehead atoms. The molecule has 0 aliphatic rings. The molecule has 0 aliphatic carbocycles. The maximum atomic E-state index is 12.2. The van der Waals surface area contributed by atoms with E-state index >= 15 is 0 Å². The SMILES string of the molecule is CCNCC(=O)c1c(C)[nH]c2ccc(CC)cc12. The van der Waals surface area contributed by atoms with E-state index in [4.69, 9.17) is 0 Å². The van der Waals surface area contributed by atoms with Gasteiger partial charge < -0.3 is 10.3 Å². The van der Waals surface area contributed by atoms with Crippen LogP contribution in [0.3, 0.4) is 0 Å². The van der Waals surface area contributed by atoms with Crippen LogP contribution in [0, 0.1) is 6.92 Å². The van der Waals surface area contributed by atoms with Crippen LogP contribution in [0.4, 0.5) is 0 Å². The van der Waals surface area contributed by atoms with Crippen LogP contribution in [0.15, 0.2) is 18.2 Å². The molecule has 1 aromatic heterocycles. The van der Waals surface area contributed by atoms with E-state index in [1.807, 2.05) is 13.8 Å². The molecule has 3 nitrogen and oxygen atoms in total. The number of aromatic nitrogens is 1. The van der Waals surface area contributed by atoms with Gasteiger partial charge >= 0.3 is 0 Å². The van der Waals surface area contributed by atoms with Crippen molar-refractivity contribution in [2.24, 2.45) is 0 Å². The number of hydrogen-bond acceptors (Lipinski definition) is 2. The molecule has 0 amide bonds. The van der Waals surface area contributed by atoms with E-state index in [1.165, 1.54) is 5.56 Å². The highest BCUT2D eigenvalue weighted by molar-refractivity contribution is 6.10. The van der Waals surface area contributed by atoms with Crippen molar-refractivity contribution >= 4 is 16.7 Å². The topological polar surface area (TPSA) is 44.9 Å². The van der Waals surface area contributed by atoms with Gasteiger partial charge in [-0.05, 0) is 37.6 Å². The van der Waals surface area contributed by atoms with Gasteiger partial charge in [0, 0.05) is 22.2 Å². The predicted octanol–water partition coefficient (Wildman–Crippen LogP) is 2.83. The molecule has 0 fully saturated rings. The van der Waals surface area contributed by atoms with Crippen molar-refractivity contribution in [3.8, 4) is 0 Å². The normalized spacial score (nSPS) is 11.1. The Kier molecular flexibility index (Phi) is 3.82. The van der Waals surface area contributed by atoms with Crippen molar-refractivity contribution in [3.05, 3.63) is 35.0 Å². The van der Waals surface area contributed by atoms with Crippen LogP contribution in [0.25, 0.3) is 10.9 Å². The van der Waals surface area contributed by atoms with E-state index in [0.29, 0.717) is 6.54 Å². The van der Waals surface area contributed by atoms with Crippen LogP contribution in [-0.2, 0) is 6.42 Å². The van der Waals surface area contributed by atoms with E-state index in [9.17, 15) is 4.79 Å². The molecule has 0 spiro atoms.